The van der Waals surface area contributed by atoms with Crippen molar-refractivity contribution in [2.45, 2.75) is 13.5 Å². The minimum Gasteiger partial charge on any atom is -0.467 e. The first-order valence-electron chi connectivity index (χ1n) is 8.70. The lowest BCUT2D eigenvalue weighted by molar-refractivity contribution is -0.130. The van der Waals surface area contributed by atoms with Gasteiger partial charge in [0.25, 0.3) is 11.8 Å². The van der Waals surface area contributed by atoms with E-state index < -0.39 is 17.8 Å². The lowest BCUT2D eigenvalue weighted by Gasteiger charge is -2.25. The first kappa shape index (κ1) is 18.8. The Bertz CT molecular complexity index is 1140. The fraction of sp³-hybridized carbons (Fsp3) is 0.0952. The standard InChI is InChI=1S/C21H15ClN2O5/c1-12-4-5-13(22)9-16(12)18-7-6-14(29-18)10-17-19(25)23-21(27)24(20(17)26)11-15-3-2-8-28-15/h2-10H,11H2,1H3,(H,23,25,27)/b17-10+. The highest BCUT2D eigenvalue weighted by molar-refractivity contribution is 6.31. The quantitative estimate of drug-likeness (QED) is 0.515. The number of hydrogen-bond donors (Lipinski definition) is 1. The summed E-state index contributed by atoms with van der Waals surface area (Å²) in [5.41, 5.74) is 1.56. The third kappa shape index (κ3) is 3.72. The molecule has 1 aromatic carbocycles. The van der Waals surface area contributed by atoms with Crippen LogP contribution in [0.4, 0.5) is 4.79 Å². The van der Waals surface area contributed by atoms with Crippen molar-refractivity contribution in [3.8, 4) is 11.3 Å². The largest absolute Gasteiger partial charge is 0.467 e. The van der Waals surface area contributed by atoms with Crippen LogP contribution in [0.2, 0.25) is 5.02 Å². The number of imide groups is 2. The summed E-state index contributed by atoms with van der Waals surface area (Å²) in [6.07, 6.45) is 2.74. The molecule has 2 aromatic heterocycles. The maximum Gasteiger partial charge on any atom is 0.331 e. The van der Waals surface area contributed by atoms with Gasteiger partial charge in [-0.05, 0) is 55.0 Å². The third-order valence-corrected chi connectivity index (χ3v) is 4.69. The maximum atomic E-state index is 12.7. The highest BCUT2D eigenvalue weighted by Gasteiger charge is 2.36. The summed E-state index contributed by atoms with van der Waals surface area (Å²) < 4.78 is 11.0. The predicted molar refractivity (Wildman–Crippen MR) is 105 cm³/mol. The topological polar surface area (TPSA) is 92.8 Å². The number of barbiturate groups is 1. The minimum atomic E-state index is -0.803. The second-order valence-corrected chi connectivity index (χ2v) is 6.89. The average molecular weight is 411 g/mol. The minimum absolute atomic E-state index is 0.0899. The Morgan fingerprint density at radius 1 is 1.14 bits per heavy atom. The van der Waals surface area contributed by atoms with Gasteiger partial charge >= 0.3 is 6.03 Å². The Balaban J connectivity index is 1.64. The molecule has 3 heterocycles. The zero-order valence-electron chi connectivity index (χ0n) is 15.3. The number of furan rings is 2. The number of nitrogens with zero attached hydrogens (tertiary/aromatic N) is 1. The van der Waals surface area contributed by atoms with Crippen LogP contribution in [0.25, 0.3) is 17.4 Å². The van der Waals surface area contributed by atoms with Crippen LogP contribution < -0.4 is 5.32 Å². The van der Waals surface area contributed by atoms with Crippen molar-refractivity contribution in [2.75, 3.05) is 0 Å². The second-order valence-electron chi connectivity index (χ2n) is 6.45. The van der Waals surface area contributed by atoms with Crippen molar-refractivity contribution >= 4 is 35.5 Å². The molecule has 3 aromatic rings. The number of carbonyl (C=O) groups excluding carboxylic acids is 3. The van der Waals surface area contributed by atoms with E-state index in [1.807, 2.05) is 13.0 Å². The molecule has 0 radical (unpaired) electrons. The fourth-order valence-corrected chi connectivity index (χ4v) is 3.15. The van der Waals surface area contributed by atoms with E-state index in [2.05, 4.69) is 5.32 Å². The van der Waals surface area contributed by atoms with Crippen LogP contribution in [0, 0.1) is 6.92 Å². The molecule has 29 heavy (non-hydrogen) atoms. The highest BCUT2D eigenvalue weighted by atomic mass is 35.5. The molecule has 0 atom stereocenters. The molecule has 0 aliphatic carbocycles. The Labute approximate surface area is 170 Å². The van der Waals surface area contributed by atoms with E-state index in [4.69, 9.17) is 20.4 Å². The van der Waals surface area contributed by atoms with E-state index in [0.29, 0.717) is 22.3 Å². The van der Waals surface area contributed by atoms with E-state index >= 15 is 0 Å². The second kappa shape index (κ2) is 7.44. The number of nitrogens with one attached hydrogen (secondary N) is 1. The fourth-order valence-electron chi connectivity index (χ4n) is 2.97. The van der Waals surface area contributed by atoms with Crippen LogP contribution >= 0.6 is 11.6 Å². The van der Waals surface area contributed by atoms with E-state index in [9.17, 15) is 14.4 Å². The molecular formula is C21H15ClN2O5. The molecule has 0 saturated carbocycles. The highest BCUT2D eigenvalue weighted by Crippen LogP contribution is 2.29. The summed E-state index contributed by atoms with van der Waals surface area (Å²) >= 11 is 6.06. The number of carbonyl (C=O) groups is 3. The van der Waals surface area contributed by atoms with Gasteiger partial charge in [0.1, 0.15) is 22.9 Å². The monoisotopic (exact) mass is 410 g/mol. The molecule has 1 N–H and O–H groups in total. The molecule has 1 aliphatic heterocycles. The van der Waals surface area contributed by atoms with Gasteiger partial charge in [-0.3, -0.25) is 19.8 Å². The van der Waals surface area contributed by atoms with Crippen molar-refractivity contribution in [3.63, 3.8) is 0 Å². The summed E-state index contributed by atoms with van der Waals surface area (Å²) in [4.78, 5) is 37.9. The van der Waals surface area contributed by atoms with Crippen molar-refractivity contribution < 1.29 is 23.2 Å². The molecule has 4 rings (SSSR count). The van der Waals surface area contributed by atoms with Gasteiger partial charge in [-0.15, -0.1) is 0 Å². The zero-order chi connectivity index (χ0) is 20.5. The van der Waals surface area contributed by atoms with E-state index in [1.165, 1.54) is 12.3 Å². The van der Waals surface area contributed by atoms with Crippen LogP contribution in [0.5, 0.6) is 0 Å². The van der Waals surface area contributed by atoms with Crippen LogP contribution in [-0.4, -0.2) is 22.7 Å². The molecular weight excluding hydrogens is 396 g/mol. The lowest BCUT2D eigenvalue weighted by Crippen LogP contribution is -2.53. The predicted octanol–water partition coefficient (Wildman–Crippen LogP) is 4.16. The first-order chi connectivity index (χ1) is 13.9. The number of rotatable bonds is 4. The van der Waals surface area contributed by atoms with Gasteiger partial charge in [0, 0.05) is 10.6 Å². The molecule has 0 unspecified atom stereocenters. The summed E-state index contributed by atoms with van der Waals surface area (Å²) in [5.74, 6) is -0.257. The number of aryl methyl sites for hydroxylation is 1. The Morgan fingerprint density at radius 3 is 2.72 bits per heavy atom. The molecule has 7 nitrogen and oxygen atoms in total. The lowest BCUT2D eigenvalue weighted by atomic mass is 10.1. The van der Waals surface area contributed by atoms with Gasteiger partial charge in [0.2, 0.25) is 0 Å². The molecule has 0 bridgehead atoms. The average Bonchev–Trinajstić information content (AvgIpc) is 3.36. The molecule has 4 amide bonds. The van der Waals surface area contributed by atoms with Crippen LogP contribution in [0.3, 0.4) is 0 Å². The summed E-state index contributed by atoms with van der Waals surface area (Å²) in [6, 6.07) is 11.3. The van der Waals surface area contributed by atoms with Crippen LogP contribution in [0.15, 0.2) is 63.1 Å². The third-order valence-electron chi connectivity index (χ3n) is 4.46. The van der Waals surface area contributed by atoms with Crippen molar-refractivity contribution in [3.05, 3.63) is 76.4 Å². The first-order valence-corrected chi connectivity index (χ1v) is 9.08. The summed E-state index contributed by atoms with van der Waals surface area (Å²) in [5, 5.41) is 2.72. The number of benzene rings is 1. The number of hydrogen-bond acceptors (Lipinski definition) is 5. The molecule has 1 fully saturated rings. The molecule has 1 saturated heterocycles. The molecule has 1 aliphatic rings. The summed E-state index contributed by atoms with van der Waals surface area (Å²) in [7, 11) is 0. The molecule has 146 valence electrons. The number of amides is 4. The Kier molecular flexibility index (Phi) is 4.82. The Hall–Kier alpha value is -3.58. The van der Waals surface area contributed by atoms with Crippen LogP contribution in [-0.2, 0) is 16.1 Å². The number of urea groups is 1. The van der Waals surface area contributed by atoms with Gasteiger partial charge in [-0.25, -0.2) is 4.79 Å². The van der Waals surface area contributed by atoms with Gasteiger partial charge in [0.05, 0.1) is 12.8 Å². The summed E-state index contributed by atoms with van der Waals surface area (Å²) in [6.45, 7) is 1.83. The van der Waals surface area contributed by atoms with Gasteiger partial charge in [-0.1, -0.05) is 17.7 Å². The Morgan fingerprint density at radius 2 is 1.97 bits per heavy atom. The molecule has 0 spiro atoms. The maximum absolute atomic E-state index is 12.7. The SMILES string of the molecule is Cc1ccc(Cl)cc1-c1ccc(/C=C2\C(=O)NC(=O)N(Cc3ccco3)C2=O)o1. The normalized spacial score (nSPS) is 15.9. The zero-order valence-corrected chi connectivity index (χ0v) is 16.0. The smallest absolute Gasteiger partial charge is 0.331 e. The van der Waals surface area contributed by atoms with E-state index in [0.717, 1.165) is 16.0 Å². The van der Waals surface area contributed by atoms with Crippen molar-refractivity contribution in [1.29, 1.82) is 0 Å². The van der Waals surface area contributed by atoms with Crippen molar-refractivity contribution in [2.24, 2.45) is 0 Å². The van der Waals surface area contributed by atoms with Gasteiger partial charge < -0.3 is 8.83 Å². The molecule has 8 heteroatoms. The van der Waals surface area contributed by atoms with Gasteiger partial charge in [-0.2, -0.15) is 0 Å². The van der Waals surface area contributed by atoms with Crippen LogP contribution in [0.1, 0.15) is 17.1 Å². The number of halogens is 1. The van der Waals surface area contributed by atoms with Crippen molar-refractivity contribution in [1.82, 2.24) is 10.2 Å². The van der Waals surface area contributed by atoms with Gasteiger partial charge in [0.15, 0.2) is 0 Å². The van der Waals surface area contributed by atoms with E-state index in [1.54, 1.807) is 36.4 Å². The van der Waals surface area contributed by atoms with E-state index in [-0.39, 0.29) is 12.1 Å².